The van der Waals surface area contributed by atoms with Gasteiger partial charge in [-0.25, -0.2) is 8.42 Å². The first-order valence-corrected chi connectivity index (χ1v) is 12.5. The van der Waals surface area contributed by atoms with E-state index < -0.39 is 15.9 Å². The van der Waals surface area contributed by atoms with Crippen molar-refractivity contribution in [1.29, 1.82) is 0 Å². The normalized spacial score (nSPS) is 15.0. The molecule has 0 spiro atoms. The van der Waals surface area contributed by atoms with E-state index in [0.29, 0.717) is 35.5 Å². The fraction of sp³-hybridized carbons (Fsp3) is 0.286. The molecule has 1 aliphatic rings. The van der Waals surface area contributed by atoms with Crippen molar-refractivity contribution in [3.8, 4) is 11.5 Å². The third kappa shape index (κ3) is 4.65. The Morgan fingerprint density at radius 2 is 1.84 bits per heavy atom. The number of para-hydroxylation sites is 1. The zero-order valence-electron chi connectivity index (χ0n) is 16.9. The summed E-state index contributed by atoms with van der Waals surface area (Å²) in [6.07, 6.45) is 4.57. The Bertz CT molecular complexity index is 1190. The molecule has 31 heavy (non-hydrogen) atoms. The molecule has 0 unspecified atom stereocenters. The van der Waals surface area contributed by atoms with E-state index in [1.807, 2.05) is 6.26 Å². The lowest BCUT2D eigenvalue weighted by Crippen LogP contribution is -2.35. The highest BCUT2D eigenvalue weighted by atomic mass is 32.2. The van der Waals surface area contributed by atoms with Gasteiger partial charge in [0.1, 0.15) is 0 Å². The van der Waals surface area contributed by atoms with Gasteiger partial charge < -0.3 is 9.73 Å². The summed E-state index contributed by atoms with van der Waals surface area (Å²) in [6.45, 7) is 1.02. The number of nitrogens with zero attached hydrogens (tertiary/aromatic N) is 3. The Morgan fingerprint density at radius 3 is 2.58 bits per heavy atom. The lowest BCUT2D eigenvalue weighted by Gasteiger charge is -2.26. The van der Waals surface area contributed by atoms with Crippen molar-refractivity contribution in [3.63, 3.8) is 0 Å². The SMILES string of the molecule is CSc1nnc(-c2ccccc2NC(=O)c2cccc(S(=O)(=O)N3CCCCC3)c2)o1. The van der Waals surface area contributed by atoms with Crippen LogP contribution in [0.3, 0.4) is 0 Å². The highest BCUT2D eigenvalue weighted by Crippen LogP contribution is 2.29. The van der Waals surface area contributed by atoms with Crippen LogP contribution in [0, 0.1) is 0 Å². The third-order valence-electron chi connectivity index (χ3n) is 5.04. The predicted molar refractivity (Wildman–Crippen MR) is 119 cm³/mol. The first-order valence-electron chi connectivity index (χ1n) is 9.87. The largest absolute Gasteiger partial charge is 0.411 e. The molecule has 4 rings (SSSR count). The second kappa shape index (κ2) is 9.21. The summed E-state index contributed by atoms with van der Waals surface area (Å²) in [5.41, 5.74) is 1.33. The number of hydrogen-bond donors (Lipinski definition) is 1. The summed E-state index contributed by atoms with van der Waals surface area (Å²) >= 11 is 1.33. The minimum Gasteiger partial charge on any atom is -0.411 e. The second-order valence-electron chi connectivity index (χ2n) is 7.07. The molecule has 1 N–H and O–H groups in total. The van der Waals surface area contributed by atoms with Gasteiger partial charge in [0.25, 0.3) is 17.0 Å². The van der Waals surface area contributed by atoms with Gasteiger partial charge in [-0.1, -0.05) is 36.4 Å². The highest BCUT2D eigenvalue weighted by molar-refractivity contribution is 7.98. The molecule has 0 aliphatic carbocycles. The summed E-state index contributed by atoms with van der Waals surface area (Å²) in [5, 5.41) is 11.2. The van der Waals surface area contributed by atoms with Gasteiger partial charge in [-0.2, -0.15) is 4.31 Å². The van der Waals surface area contributed by atoms with Crippen molar-refractivity contribution in [2.24, 2.45) is 0 Å². The molecular formula is C21H22N4O4S2. The maximum atomic E-state index is 13.0. The first-order chi connectivity index (χ1) is 15.0. The number of carbonyl (C=O) groups excluding carboxylic acids is 1. The maximum absolute atomic E-state index is 13.0. The van der Waals surface area contributed by atoms with E-state index in [-0.39, 0.29) is 10.5 Å². The quantitative estimate of drug-likeness (QED) is 0.559. The Balaban J connectivity index is 1.58. The molecule has 3 aromatic rings. The number of carbonyl (C=O) groups is 1. The number of piperidine rings is 1. The van der Waals surface area contributed by atoms with E-state index in [4.69, 9.17) is 4.42 Å². The van der Waals surface area contributed by atoms with Crippen LogP contribution in [-0.2, 0) is 10.0 Å². The Labute approximate surface area is 185 Å². The molecule has 2 heterocycles. The lowest BCUT2D eigenvalue weighted by atomic mass is 10.1. The van der Waals surface area contributed by atoms with Crippen LogP contribution >= 0.6 is 11.8 Å². The predicted octanol–water partition coefficient (Wildman–Crippen LogP) is 3.89. The van der Waals surface area contributed by atoms with Crippen LogP contribution in [0.5, 0.6) is 0 Å². The van der Waals surface area contributed by atoms with Crippen LogP contribution in [0.4, 0.5) is 5.69 Å². The van der Waals surface area contributed by atoms with E-state index in [1.165, 1.54) is 28.2 Å². The van der Waals surface area contributed by atoms with E-state index in [2.05, 4.69) is 15.5 Å². The minimum atomic E-state index is -3.62. The summed E-state index contributed by atoms with van der Waals surface area (Å²) < 4.78 is 33.0. The lowest BCUT2D eigenvalue weighted by molar-refractivity contribution is 0.102. The number of thioether (sulfide) groups is 1. The van der Waals surface area contributed by atoms with Crippen molar-refractivity contribution < 1.29 is 17.6 Å². The van der Waals surface area contributed by atoms with Crippen LogP contribution < -0.4 is 5.32 Å². The zero-order chi connectivity index (χ0) is 21.8. The number of aromatic nitrogens is 2. The fourth-order valence-corrected chi connectivity index (χ4v) is 5.27. The summed E-state index contributed by atoms with van der Waals surface area (Å²) in [7, 11) is -3.62. The molecular weight excluding hydrogens is 436 g/mol. The van der Waals surface area contributed by atoms with Gasteiger partial charge in [-0.15, -0.1) is 10.2 Å². The number of nitrogens with one attached hydrogen (secondary N) is 1. The summed E-state index contributed by atoms with van der Waals surface area (Å²) in [4.78, 5) is 13.0. The molecule has 1 aromatic heterocycles. The van der Waals surface area contributed by atoms with E-state index >= 15 is 0 Å². The van der Waals surface area contributed by atoms with E-state index in [1.54, 1.807) is 36.4 Å². The number of benzene rings is 2. The van der Waals surface area contributed by atoms with Crippen molar-refractivity contribution in [3.05, 3.63) is 54.1 Å². The monoisotopic (exact) mass is 458 g/mol. The average molecular weight is 459 g/mol. The van der Waals surface area contributed by atoms with Crippen LogP contribution in [0.25, 0.3) is 11.5 Å². The third-order valence-corrected chi connectivity index (χ3v) is 7.44. The van der Waals surface area contributed by atoms with Crippen LogP contribution in [0.15, 0.2) is 63.1 Å². The smallest absolute Gasteiger partial charge is 0.276 e. The standard InChI is InChI=1S/C21H22N4O4S2/c1-30-21-24-23-20(29-21)17-10-3-4-11-18(17)22-19(26)15-8-7-9-16(14-15)31(27,28)25-12-5-2-6-13-25/h3-4,7-11,14H,2,5-6,12-13H2,1H3,(H,22,26). The molecule has 0 bridgehead atoms. The van der Waals surface area contributed by atoms with E-state index in [9.17, 15) is 13.2 Å². The number of amides is 1. The Hall–Kier alpha value is -2.69. The number of rotatable bonds is 6. The summed E-state index contributed by atoms with van der Waals surface area (Å²) in [5.74, 6) is -0.130. The second-order valence-corrected chi connectivity index (χ2v) is 9.76. The van der Waals surface area contributed by atoms with E-state index in [0.717, 1.165) is 19.3 Å². The highest BCUT2D eigenvalue weighted by Gasteiger charge is 2.26. The molecule has 10 heteroatoms. The van der Waals surface area contributed by atoms with Gasteiger partial charge in [-0.05, 0) is 49.4 Å². The molecule has 1 amide bonds. The average Bonchev–Trinajstić information content (AvgIpc) is 3.29. The van der Waals surface area contributed by atoms with Crippen molar-refractivity contribution in [1.82, 2.24) is 14.5 Å². The van der Waals surface area contributed by atoms with Crippen LogP contribution in [-0.4, -0.2) is 48.2 Å². The molecule has 1 fully saturated rings. The molecule has 162 valence electrons. The van der Waals surface area contributed by atoms with Gasteiger partial charge in [-0.3, -0.25) is 4.79 Å². The van der Waals surface area contributed by atoms with Gasteiger partial charge >= 0.3 is 0 Å². The van der Waals surface area contributed by atoms with Crippen molar-refractivity contribution in [2.45, 2.75) is 29.4 Å². The Morgan fingerprint density at radius 1 is 1.06 bits per heavy atom. The molecule has 0 saturated carbocycles. The fourth-order valence-electron chi connectivity index (χ4n) is 3.43. The van der Waals surface area contributed by atoms with Crippen molar-refractivity contribution >= 4 is 33.4 Å². The molecule has 1 aliphatic heterocycles. The topological polar surface area (TPSA) is 105 Å². The first kappa shape index (κ1) is 21.5. The van der Waals surface area contributed by atoms with Gasteiger partial charge in [0.2, 0.25) is 10.0 Å². The number of sulfonamides is 1. The van der Waals surface area contributed by atoms with Crippen molar-refractivity contribution in [2.75, 3.05) is 24.7 Å². The Kier molecular flexibility index (Phi) is 6.40. The summed E-state index contributed by atoms with van der Waals surface area (Å²) in [6, 6.07) is 13.2. The van der Waals surface area contributed by atoms with Gasteiger partial charge in [0.15, 0.2) is 0 Å². The maximum Gasteiger partial charge on any atom is 0.276 e. The number of anilines is 1. The molecule has 1 saturated heterocycles. The zero-order valence-corrected chi connectivity index (χ0v) is 18.6. The molecule has 0 radical (unpaired) electrons. The molecule has 0 atom stereocenters. The number of hydrogen-bond acceptors (Lipinski definition) is 7. The van der Waals surface area contributed by atoms with Gasteiger partial charge in [0.05, 0.1) is 16.1 Å². The van der Waals surface area contributed by atoms with Crippen LogP contribution in [0.1, 0.15) is 29.6 Å². The molecule has 2 aromatic carbocycles. The van der Waals surface area contributed by atoms with Crippen LogP contribution in [0.2, 0.25) is 0 Å². The minimum absolute atomic E-state index is 0.122. The van der Waals surface area contributed by atoms with Gasteiger partial charge in [0, 0.05) is 18.7 Å². The molecule has 8 nitrogen and oxygen atoms in total.